The Labute approximate surface area is 112 Å². The molecule has 0 atom stereocenters. The summed E-state index contributed by atoms with van der Waals surface area (Å²) in [6.07, 6.45) is -0.213. The Hall–Kier alpha value is -1.81. The van der Waals surface area contributed by atoms with E-state index < -0.39 is 23.2 Å². The molecule has 0 spiro atoms. The lowest BCUT2D eigenvalue weighted by atomic mass is 10.0. The Balaban J connectivity index is 2.22. The molecule has 0 saturated heterocycles. The molecule has 0 aliphatic rings. The van der Waals surface area contributed by atoms with E-state index in [0.29, 0.717) is 0 Å². The van der Waals surface area contributed by atoms with Crippen LogP contribution in [-0.4, -0.2) is 5.78 Å². The third kappa shape index (κ3) is 3.35. The van der Waals surface area contributed by atoms with E-state index in [0.717, 1.165) is 24.3 Å². The molecular weight excluding hydrogens is 277 g/mol. The monoisotopic (exact) mass is 284 g/mol. The maximum Gasteiger partial charge on any atom is 0.167 e. The maximum atomic E-state index is 13.2. The van der Waals surface area contributed by atoms with Crippen LogP contribution < -0.4 is 0 Å². The number of carbonyl (C=O) groups excluding carboxylic acids is 1. The van der Waals surface area contributed by atoms with Crippen LogP contribution in [0.4, 0.5) is 13.2 Å². The zero-order chi connectivity index (χ0) is 14.0. The minimum Gasteiger partial charge on any atom is -0.294 e. The fourth-order valence-corrected chi connectivity index (χ4v) is 1.79. The first kappa shape index (κ1) is 13.6. The zero-order valence-corrected chi connectivity index (χ0v) is 10.3. The molecular formula is C14H8ClF3O. The van der Waals surface area contributed by atoms with Crippen LogP contribution in [0, 0.1) is 17.5 Å². The highest BCUT2D eigenvalue weighted by atomic mass is 35.5. The van der Waals surface area contributed by atoms with Gasteiger partial charge < -0.3 is 0 Å². The van der Waals surface area contributed by atoms with Crippen LogP contribution in [0.3, 0.4) is 0 Å². The molecule has 5 heteroatoms. The Bertz CT molecular complexity index is 620. The SMILES string of the molecule is O=C(Cc1cc(F)cc(F)c1)c1ccc(Cl)c(F)c1. The molecule has 2 aromatic rings. The molecule has 0 aromatic heterocycles. The standard InChI is InChI=1S/C14H8ClF3O/c15-12-2-1-9(6-13(12)18)14(19)5-8-3-10(16)7-11(17)4-8/h1-4,6-7H,5H2. The lowest BCUT2D eigenvalue weighted by Gasteiger charge is -2.03. The molecule has 0 bridgehead atoms. The highest BCUT2D eigenvalue weighted by Crippen LogP contribution is 2.17. The predicted molar refractivity (Wildman–Crippen MR) is 65.8 cm³/mol. The Kier molecular flexibility index (Phi) is 3.90. The van der Waals surface area contributed by atoms with E-state index in [1.165, 1.54) is 12.1 Å². The number of hydrogen-bond donors (Lipinski definition) is 0. The van der Waals surface area contributed by atoms with E-state index >= 15 is 0 Å². The van der Waals surface area contributed by atoms with Crippen molar-refractivity contribution in [2.24, 2.45) is 0 Å². The molecule has 1 nitrogen and oxygen atoms in total. The Morgan fingerprint density at radius 2 is 1.63 bits per heavy atom. The average molecular weight is 285 g/mol. The van der Waals surface area contributed by atoms with Gasteiger partial charge in [0.05, 0.1) is 5.02 Å². The van der Waals surface area contributed by atoms with Crippen molar-refractivity contribution in [3.8, 4) is 0 Å². The van der Waals surface area contributed by atoms with Crippen LogP contribution in [-0.2, 0) is 6.42 Å². The Morgan fingerprint density at radius 1 is 1.00 bits per heavy atom. The fraction of sp³-hybridized carbons (Fsp3) is 0.0714. The number of halogens is 4. The molecule has 0 heterocycles. The van der Waals surface area contributed by atoms with Crippen LogP contribution in [0.5, 0.6) is 0 Å². The second-order valence-corrected chi connectivity index (χ2v) is 4.41. The third-order valence-corrected chi connectivity index (χ3v) is 2.84. The van der Waals surface area contributed by atoms with Gasteiger partial charge in [-0.25, -0.2) is 13.2 Å². The highest BCUT2D eigenvalue weighted by molar-refractivity contribution is 6.30. The molecule has 0 N–H and O–H groups in total. The van der Waals surface area contributed by atoms with Crippen LogP contribution in [0.15, 0.2) is 36.4 Å². The molecule has 0 fully saturated rings. The highest BCUT2D eigenvalue weighted by Gasteiger charge is 2.11. The first-order chi connectivity index (χ1) is 8.95. The van der Waals surface area contributed by atoms with Crippen molar-refractivity contribution in [3.05, 3.63) is 70.0 Å². The molecule has 2 aromatic carbocycles. The van der Waals surface area contributed by atoms with Crippen LogP contribution in [0.25, 0.3) is 0 Å². The molecule has 0 radical (unpaired) electrons. The number of Topliss-reactive ketones (excluding diaryl/α,β-unsaturated/α-hetero) is 1. The second kappa shape index (κ2) is 5.45. The Morgan fingerprint density at radius 3 is 2.21 bits per heavy atom. The molecule has 0 unspecified atom stereocenters. The normalized spacial score (nSPS) is 10.5. The van der Waals surface area contributed by atoms with Gasteiger partial charge in [0, 0.05) is 18.1 Å². The first-order valence-electron chi connectivity index (χ1n) is 5.39. The quantitative estimate of drug-likeness (QED) is 0.773. The average Bonchev–Trinajstić information content (AvgIpc) is 2.31. The number of ketones is 1. The molecule has 0 aliphatic heterocycles. The summed E-state index contributed by atoms with van der Waals surface area (Å²) in [5, 5.41) is -0.0895. The molecule has 0 saturated carbocycles. The van der Waals surface area contributed by atoms with Gasteiger partial charge in [-0.3, -0.25) is 4.79 Å². The largest absolute Gasteiger partial charge is 0.294 e. The lowest BCUT2D eigenvalue weighted by Crippen LogP contribution is -2.04. The van der Waals surface area contributed by atoms with Gasteiger partial charge in [0.25, 0.3) is 0 Å². The van der Waals surface area contributed by atoms with E-state index in [1.54, 1.807) is 0 Å². The summed E-state index contributed by atoms with van der Waals surface area (Å²) in [6, 6.07) is 6.47. The molecule has 2 rings (SSSR count). The summed E-state index contributed by atoms with van der Waals surface area (Å²) in [6.45, 7) is 0. The minimum absolute atomic E-state index is 0.0895. The van der Waals surface area contributed by atoms with Gasteiger partial charge in [0.2, 0.25) is 0 Å². The topological polar surface area (TPSA) is 17.1 Å². The molecule has 0 amide bonds. The van der Waals surface area contributed by atoms with Crippen molar-refractivity contribution in [2.75, 3.05) is 0 Å². The van der Waals surface area contributed by atoms with Gasteiger partial charge in [0.15, 0.2) is 5.78 Å². The smallest absolute Gasteiger partial charge is 0.167 e. The summed E-state index contributed by atoms with van der Waals surface area (Å²) in [4.78, 5) is 11.8. The summed E-state index contributed by atoms with van der Waals surface area (Å²) >= 11 is 5.50. The van der Waals surface area contributed by atoms with Crippen molar-refractivity contribution in [2.45, 2.75) is 6.42 Å². The second-order valence-electron chi connectivity index (χ2n) is 4.01. The van der Waals surface area contributed by atoms with Crippen LogP contribution in [0.2, 0.25) is 5.02 Å². The van der Waals surface area contributed by atoms with Crippen LogP contribution in [0.1, 0.15) is 15.9 Å². The van der Waals surface area contributed by atoms with Gasteiger partial charge in [0.1, 0.15) is 17.5 Å². The molecule has 98 valence electrons. The molecule has 0 aliphatic carbocycles. The van der Waals surface area contributed by atoms with Gasteiger partial charge in [-0.15, -0.1) is 0 Å². The summed E-state index contributed by atoms with van der Waals surface area (Å²) in [7, 11) is 0. The van der Waals surface area contributed by atoms with E-state index in [4.69, 9.17) is 11.6 Å². The maximum absolute atomic E-state index is 13.2. The number of rotatable bonds is 3. The van der Waals surface area contributed by atoms with E-state index in [-0.39, 0.29) is 22.6 Å². The van der Waals surface area contributed by atoms with E-state index in [1.807, 2.05) is 0 Å². The fourth-order valence-electron chi connectivity index (χ4n) is 1.67. The van der Waals surface area contributed by atoms with Gasteiger partial charge in [-0.05, 0) is 35.9 Å². The number of carbonyl (C=O) groups is 1. The van der Waals surface area contributed by atoms with Gasteiger partial charge in [-0.2, -0.15) is 0 Å². The van der Waals surface area contributed by atoms with Crippen molar-refractivity contribution < 1.29 is 18.0 Å². The van der Waals surface area contributed by atoms with Crippen molar-refractivity contribution >= 4 is 17.4 Å². The zero-order valence-electron chi connectivity index (χ0n) is 9.59. The van der Waals surface area contributed by atoms with E-state index in [9.17, 15) is 18.0 Å². The summed E-state index contributed by atoms with van der Waals surface area (Å²) < 4.78 is 39.1. The first-order valence-corrected chi connectivity index (χ1v) is 5.77. The minimum atomic E-state index is -0.759. The third-order valence-electron chi connectivity index (χ3n) is 2.53. The van der Waals surface area contributed by atoms with Crippen molar-refractivity contribution in [3.63, 3.8) is 0 Å². The van der Waals surface area contributed by atoms with Crippen molar-refractivity contribution in [1.29, 1.82) is 0 Å². The predicted octanol–water partition coefficient (Wildman–Crippen LogP) is 4.18. The van der Waals surface area contributed by atoms with Gasteiger partial charge in [-0.1, -0.05) is 11.6 Å². The lowest BCUT2D eigenvalue weighted by molar-refractivity contribution is 0.0992. The molecule has 19 heavy (non-hydrogen) atoms. The number of benzene rings is 2. The number of hydrogen-bond acceptors (Lipinski definition) is 1. The summed E-state index contributed by atoms with van der Waals surface area (Å²) in [5.74, 6) is -2.67. The van der Waals surface area contributed by atoms with E-state index in [2.05, 4.69) is 0 Å². The van der Waals surface area contributed by atoms with Crippen LogP contribution >= 0.6 is 11.6 Å². The summed E-state index contributed by atoms with van der Waals surface area (Å²) in [5.41, 5.74) is 0.296. The van der Waals surface area contributed by atoms with Crippen molar-refractivity contribution in [1.82, 2.24) is 0 Å². The van der Waals surface area contributed by atoms with Gasteiger partial charge >= 0.3 is 0 Å².